The third-order valence-electron chi connectivity index (χ3n) is 4.69. The summed E-state index contributed by atoms with van der Waals surface area (Å²) in [6, 6.07) is 9.62. The fourth-order valence-electron chi connectivity index (χ4n) is 3.24. The molecule has 1 saturated heterocycles. The van der Waals surface area contributed by atoms with Crippen molar-refractivity contribution in [2.75, 3.05) is 6.61 Å². The standard InChI is InChI=1S/C18H18BrN4O7P/c19-18-22-13-11(7-6-10-4-2-1-3-5-10)20-9-21-16(13)23(18)17-15(25)14(24)12(30-17)8-29-31(26,27)28/h1-7,9,12,14-15,17,24-25H,8H2,(H2,26,27,28)/b7-6+/t12-,14-,15-,17-/m1/s1. The highest BCUT2D eigenvalue weighted by Crippen LogP contribution is 2.39. The van der Waals surface area contributed by atoms with E-state index >= 15 is 0 Å². The first kappa shape index (κ1) is 22.2. The van der Waals surface area contributed by atoms with Gasteiger partial charge < -0.3 is 24.7 Å². The number of rotatable bonds is 6. The molecule has 1 aliphatic rings. The van der Waals surface area contributed by atoms with Crippen LogP contribution in [-0.4, -0.2) is 64.4 Å². The van der Waals surface area contributed by atoms with Gasteiger partial charge in [-0.2, -0.15) is 0 Å². The smallest absolute Gasteiger partial charge is 0.387 e. The number of benzene rings is 1. The Morgan fingerprint density at radius 2 is 1.90 bits per heavy atom. The molecule has 0 aliphatic carbocycles. The van der Waals surface area contributed by atoms with Crippen LogP contribution >= 0.6 is 23.8 Å². The van der Waals surface area contributed by atoms with Crippen LogP contribution < -0.4 is 0 Å². The lowest BCUT2D eigenvalue weighted by atomic mass is 10.1. The number of hydrogen-bond acceptors (Lipinski definition) is 8. The van der Waals surface area contributed by atoms with E-state index in [4.69, 9.17) is 14.5 Å². The molecule has 0 bridgehead atoms. The van der Waals surface area contributed by atoms with E-state index in [1.807, 2.05) is 36.4 Å². The average molecular weight is 513 g/mol. The summed E-state index contributed by atoms with van der Waals surface area (Å²) in [4.78, 5) is 30.6. The van der Waals surface area contributed by atoms with Crippen molar-refractivity contribution in [3.63, 3.8) is 0 Å². The van der Waals surface area contributed by atoms with Crippen LogP contribution in [0.3, 0.4) is 0 Å². The second-order valence-corrected chi connectivity index (χ2v) is 8.71. The number of hydrogen-bond donors (Lipinski definition) is 4. The predicted octanol–water partition coefficient (Wildman–Crippen LogP) is 1.49. The van der Waals surface area contributed by atoms with Gasteiger partial charge in [-0.1, -0.05) is 36.4 Å². The second-order valence-electron chi connectivity index (χ2n) is 6.76. The number of ether oxygens (including phenoxy) is 1. The van der Waals surface area contributed by atoms with E-state index in [0.29, 0.717) is 16.9 Å². The zero-order chi connectivity index (χ0) is 22.2. The van der Waals surface area contributed by atoms with E-state index in [0.717, 1.165) is 5.56 Å². The van der Waals surface area contributed by atoms with Gasteiger partial charge in [-0.05, 0) is 27.6 Å². The van der Waals surface area contributed by atoms with E-state index in [1.165, 1.54) is 10.9 Å². The van der Waals surface area contributed by atoms with Crippen molar-refractivity contribution in [3.8, 4) is 0 Å². The fraction of sp³-hybridized carbons (Fsp3) is 0.278. The lowest BCUT2D eigenvalue weighted by Gasteiger charge is -2.17. The summed E-state index contributed by atoms with van der Waals surface area (Å²) < 4.78 is 22.7. The molecular weight excluding hydrogens is 495 g/mol. The van der Waals surface area contributed by atoms with Crippen LogP contribution in [0, 0.1) is 0 Å². The summed E-state index contributed by atoms with van der Waals surface area (Å²) in [5.41, 5.74) is 2.27. The van der Waals surface area contributed by atoms with Crippen LogP contribution in [0.4, 0.5) is 0 Å². The predicted molar refractivity (Wildman–Crippen MR) is 112 cm³/mol. The normalized spacial score (nSPS) is 24.4. The van der Waals surface area contributed by atoms with Crippen LogP contribution in [0.1, 0.15) is 17.5 Å². The molecular formula is C18H18BrN4O7P. The Kier molecular flexibility index (Phi) is 6.33. The van der Waals surface area contributed by atoms with Crippen molar-refractivity contribution in [1.82, 2.24) is 19.5 Å². The lowest BCUT2D eigenvalue weighted by Crippen LogP contribution is -2.33. The van der Waals surface area contributed by atoms with Crippen LogP contribution in [0.2, 0.25) is 0 Å². The molecule has 0 radical (unpaired) electrons. The van der Waals surface area contributed by atoms with Crippen LogP contribution in [0.5, 0.6) is 0 Å². The van der Waals surface area contributed by atoms with Crippen molar-refractivity contribution in [3.05, 3.63) is 52.7 Å². The summed E-state index contributed by atoms with van der Waals surface area (Å²) in [6.07, 6.45) is -0.173. The number of imidazole rings is 1. The van der Waals surface area contributed by atoms with E-state index in [9.17, 15) is 14.8 Å². The molecule has 1 aliphatic heterocycles. The third-order valence-corrected chi connectivity index (χ3v) is 5.74. The van der Waals surface area contributed by atoms with Crippen molar-refractivity contribution < 1.29 is 33.8 Å². The largest absolute Gasteiger partial charge is 0.469 e. The van der Waals surface area contributed by atoms with Crippen molar-refractivity contribution in [2.24, 2.45) is 0 Å². The quantitative estimate of drug-likeness (QED) is 0.281. The minimum absolute atomic E-state index is 0.269. The molecule has 164 valence electrons. The maximum absolute atomic E-state index is 10.9. The Morgan fingerprint density at radius 1 is 1.16 bits per heavy atom. The molecule has 2 aromatic heterocycles. The number of aromatic nitrogens is 4. The van der Waals surface area contributed by atoms with Crippen molar-refractivity contribution in [2.45, 2.75) is 24.5 Å². The first-order valence-electron chi connectivity index (χ1n) is 9.08. The van der Waals surface area contributed by atoms with Crippen molar-refractivity contribution in [1.29, 1.82) is 0 Å². The second kappa shape index (κ2) is 8.85. The molecule has 0 amide bonds. The maximum Gasteiger partial charge on any atom is 0.469 e. The molecule has 13 heteroatoms. The fourth-order valence-corrected chi connectivity index (χ4v) is 4.13. The van der Waals surface area contributed by atoms with Gasteiger partial charge >= 0.3 is 7.82 Å². The molecule has 0 spiro atoms. The summed E-state index contributed by atoms with van der Waals surface area (Å²) in [5, 5.41) is 20.7. The monoisotopic (exact) mass is 512 g/mol. The first-order valence-corrected chi connectivity index (χ1v) is 11.4. The van der Waals surface area contributed by atoms with Gasteiger partial charge in [0.1, 0.15) is 30.2 Å². The Hall–Kier alpha value is -2.02. The molecule has 31 heavy (non-hydrogen) atoms. The molecule has 0 saturated carbocycles. The van der Waals surface area contributed by atoms with Gasteiger partial charge in [-0.3, -0.25) is 9.09 Å². The molecule has 4 N–H and O–H groups in total. The Labute approximate surface area is 184 Å². The SMILES string of the molecule is O=P(O)(O)OC[C@H]1O[C@@H](n2c(Br)nc3c(/C=C/c4ccccc4)ncnc32)[C@H](O)[C@@H]1O. The van der Waals surface area contributed by atoms with Gasteiger partial charge in [0, 0.05) is 0 Å². The van der Waals surface area contributed by atoms with E-state index in [-0.39, 0.29) is 4.73 Å². The summed E-state index contributed by atoms with van der Waals surface area (Å²) in [7, 11) is -4.76. The van der Waals surface area contributed by atoms with Gasteiger partial charge in [0.15, 0.2) is 16.6 Å². The summed E-state index contributed by atoms with van der Waals surface area (Å²) in [6.45, 7) is -0.608. The number of phosphoric ester groups is 1. The van der Waals surface area contributed by atoms with Gasteiger partial charge in [-0.25, -0.2) is 19.5 Å². The van der Waals surface area contributed by atoms with E-state index in [2.05, 4.69) is 35.4 Å². The van der Waals surface area contributed by atoms with Crippen LogP contribution in [0.25, 0.3) is 23.3 Å². The van der Waals surface area contributed by atoms with Gasteiger partial charge in [0.2, 0.25) is 0 Å². The molecule has 3 heterocycles. The minimum atomic E-state index is -4.76. The highest BCUT2D eigenvalue weighted by Gasteiger charge is 2.45. The topological polar surface area (TPSA) is 160 Å². The zero-order valence-electron chi connectivity index (χ0n) is 15.8. The summed E-state index contributed by atoms with van der Waals surface area (Å²) in [5.74, 6) is 0. The van der Waals surface area contributed by atoms with Crippen LogP contribution in [0.15, 0.2) is 41.4 Å². The van der Waals surface area contributed by atoms with E-state index < -0.39 is 39.0 Å². The number of fused-ring (bicyclic) bond motifs is 1. The van der Waals surface area contributed by atoms with Crippen molar-refractivity contribution >= 4 is 47.1 Å². The molecule has 1 aromatic carbocycles. The Morgan fingerprint density at radius 3 is 2.61 bits per heavy atom. The highest BCUT2D eigenvalue weighted by atomic mass is 79.9. The molecule has 11 nitrogen and oxygen atoms in total. The maximum atomic E-state index is 10.9. The molecule has 3 aromatic rings. The number of phosphoric acid groups is 1. The van der Waals surface area contributed by atoms with E-state index in [1.54, 1.807) is 6.08 Å². The van der Waals surface area contributed by atoms with Gasteiger partial charge in [0.05, 0.1) is 12.3 Å². The highest BCUT2D eigenvalue weighted by molar-refractivity contribution is 9.10. The van der Waals surface area contributed by atoms with Crippen LogP contribution in [-0.2, 0) is 13.8 Å². The van der Waals surface area contributed by atoms with Gasteiger partial charge in [-0.15, -0.1) is 0 Å². The average Bonchev–Trinajstić information content (AvgIpc) is 3.21. The zero-order valence-corrected chi connectivity index (χ0v) is 18.2. The summed E-state index contributed by atoms with van der Waals surface area (Å²) >= 11 is 3.32. The first-order chi connectivity index (χ1) is 14.7. The third kappa shape index (κ3) is 4.76. The Balaban J connectivity index is 1.65. The number of halogens is 1. The number of aliphatic hydroxyl groups is 2. The number of nitrogens with zero attached hydrogens (tertiary/aromatic N) is 4. The number of aliphatic hydroxyl groups excluding tert-OH is 2. The molecule has 0 unspecified atom stereocenters. The minimum Gasteiger partial charge on any atom is -0.387 e. The molecule has 1 fully saturated rings. The molecule has 4 atom stereocenters. The Bertz CT molecular complexity index is 1150. The molecule has 4 rings (SSSR count). The lowest BCUT2D eigenvalue weighted by molar-refractivity contribution is -0.0514. The van der Waals surface area contributed by atoms with Gasteiger partial charge in [0.25, 0.3) is 0 Å².